The van der Waals surface area contributed by atoms with Crippen molar-refractivity contribution in [2.24, 2.45) is 10.9 Å². The van der Waals surface area contributed by atoms with Gasteiger partial charge in [0.15, 0.2) is 0 Å². The largest absolute Gasteiger partial charge is 0.293 e. The van der Waals surface area contributed by atoms with Gasteiger partial charge in [0, 0.05) is 18.7 Å². The van der Waals surface area contributed by atoms with E-state index >= 15 is 0 Å². The lowest BCUT2D eigenvalue weighted by Gasteiger charge is -2.16. The lowest BCUT2D eigenvalue weighted by molar-refractivity contribution is 0.519. The fourth-order valence-electron chi connectivity index (χ4n) is 2.17. The Hall–Kier alpha value is -0.850. The van der Waals surface area contributed by atoms with Gasteiger partial charge in [-0.05, 0) is 18.9 Å². The van der Waals surface area contributed by atoms with E-state index in [2.05, 4.69) is 31.5 Å². The average Bonchev–Trinajstić information content (AvgIpc) is 2.35. The van der Waals surface area contributed by atoms with Crippen LogP contribution in [0, 0.1) is 5.92 Å². The van der Waals surface area contributed by atoms with Crippen molar-refractivity contribution in [3.63, 3.8) is 0 Å². The highest BCUT2D eigenvalue weighted by molar-refractivity contribution is 5.96. The van der Waals surface area contributed by atoms with Crippen LogP contribution in [-0.2, 0) is 0 Å². The Morgan fingerprint density at radius 1 is 1.12 bits per heavy atom. The van der Waals surface area contributed by atoms with Gasteiger partial charge >= 0.3 is 0 Å². The molecular weight excluding hydrogens is 206 g/mol. The molecule has 0 aromatic heterocycles. The minimum Gasteiger partial charge on any atom is -0.293 e. The van der Waals surface area contributed by atoms with Crippen LogP contribution in [0.5, 0.6) is 0 Å². The van der Waals surface area contributed by atoms with Gasteiger partial charge in [0.25, 0.3) is 0 Å². The van der Waals surface area contributed by atoms with Gasteiger partial charge in [-0.1, -0.05) is 64.7 Å². The Morgan fingerprint density at radius 3 is 2.41 bits per heavy atom. The standard InChI is InChI=1S/C16H29N/c1-5-8-10-11-13-15(12-7-3)16(17-4)14-9-6-2/h6,9,14-15H,2,5,7-8,10-13H2,1,3-4H3/b14-9-,17-16?. The Kier molecular flexibility index (Phi) is 11.0. The zero-order valence-corrected chi connectivity index (χ0v) is 11.9. The fraction of sp³-hybridized carbons (Fsp3) is 0.688. The molecule has 0 amide bonds. The average molecular weight is 235 g/mol. The molecule has 0 radical (unpaired) electrons. The van der Waals surface area contributed by atoms with E-state index in [1.165, 1.54) is 50.7 Å². The molecule has 17 heavy (non-hydrogen) atoms. The second kappa shape index (κ2) is 11.6. The van der Waals surface area contributed by atoms with Crippen LogP contribution in [0.2, 0.25) is 0 Å². The van der Waals surface area contributed by atoms with Crippen LogP contribution in [0.1, 0.15) is 58.8 Å². The van der Waals surface area contributed by atoms with Crippen molar-refractivity contribution < 1.29 is 0 Å². The summed E-state index contributed by atoms with van der Waals surface area (Å²) in [6, 6.07) is 0. The van der Waals surface area contributed by atoms with Crippen LogP contribution >= 0.6 is 0 Å². The van der Waals surface area contributed by atoms with E-state index in [9.17, 15) is 0 Å². The highest BCUT2D eigenvalue weighted by Gasteiger charge is 2.11. The lowest BCUT2D eigenvalue weighted by atomic mass is 9.91. The Bertz CT molecular complexity index is 238. The highest BCUT2D eigenvalue weighted by atomic mass is 14.7. The van der Waals surface area contributed by atoms with Gasteiger partial charge in [-0.15, -0.1) is 0 Å². The fourth-order valence-corrected chi connectivity index (χ4v) is 2.17. The Balaban J connectivity index is 4.26. The van der Waals surface area contributed by atoms with Crippen LogP contribution < -0.4 is 0 Å². The Morgan fingerprint density at radius 2 is 1.88 bits per heavy atom. The van der Waals surface area contributed by atoms with Crippen molar-refractivity contribution in [2.45, 2.75) is 58.8 Å². The van der Waals surface area contributed by atoms with Crippen LogP contribution in [0.25, 0.3) is 0 Å². The molecule has 0 aromatic rings. The molecule has 0 aliphatic carbocycles. The molecule has 0 N–H and O–H groups in total. The van der Waals surface area contributed by atoms with Gasteiger partial charge in [0.05, 0.1) is 0 Å². The van der Waals surface area contributed by atoms with Gasteiger partial charge < -0.3 is 0 Å². The molecule has 0 rings (SSSR count). The number of nitrogens with zero attached hydrogens (tertiary/aromatic N) is 1. The molecule has 1 atom stereocenters. The summed E-state index contributed by atoms with van der Waals surface area (Å²) < 4.78 is 0. The molecule has 0 heterocycles. The van der Waals surface area contributed by atoms with Gasteiger partial charge in [-0.25, -0.2) is 0 Å². The van der Waals surface area contributed by atoms with Crippen LogP contribution in [0.3, 0.4) is 0 Å². The van der Waals surface area contributed by atoms with Crippen LogP contribution in [0.15, 0.2) is 29.8 Å². The maximum atomic E-state index is 4.43. The van der Waals surface area contributed by atoms with Crippen molar-refractivity contribution in [3.8, 4) is 0 Å². The molecule has 0 aromatic carbocycles. The first-order valence-corrected chi connectivity index (χ1v) is 7.05. The predicted molar refractivity (Wildman–Crippen MR) is 79.9 cm³/mol. The van der Waals surface area contributed by atoms with Crippen molar-refractivity contribution in [1.82, 2.24) is 0 Å². The third-order valence-corrected chi connectivity index (χ3v) is 3.12. The van der Waals surface area contributed by atoms with E-state index in [1.54, 1.807) is 0 Å². The molecule has 0 aliphatic rings. The summed E-state index contributed by atoms with van der Waals surface area (Å²) in [6.07, 6.45) is 15.1. The third-order valence-electron chi connectivity index (χ3n) is 3.12. The third kappa shape index (κ3) is 7.95. The van der Waals surface area contributed by atoms with Crippen molar-refractivity contribution in [2.75, 3.05) is 7.05 Å². The quantitative estimate of drug-likeness (QED) is 0.281. The topological polar surface area (TPSA) is 12.4 Å². The molecule has 0 aliphatic heterocycles. The zero-order valence-electron chi connectivity index (χ0n) is 11.9. The summed E-state index contributed by atoms with van der Waals surface area (Å²) >= 11 is 0. The molecule has 98 valence electrons. The molecule has 0 bridgehead atoms. The van der Waals surface area contributed by atoms with E-state index in [0.29, 0.717) is 5.92 Å². The van der Waals surface area contributed by atoms with E-state index in [0.717, 1.165) is 0 Å². The molecule has 1 unspecified atom stereocenters. The van der Waals surface area contributed by atoms with Crippen molar-refractivity contribution in [3.05, 3.63) is 24.8 Å². The van der Waals surface area contributed by atoms with Crippen molar-refractivity contribution in [1.29, 1.82) is 0 Å². The monoisotopic (exact) mass is 235 g/mol. The van der Waals surface area contributed by atoms with Crippen LogP contribution in [0.4, 0.5) is 0 Å². The molecule has 0 spiro atoms. The molecule has 1 nitrogen and oxygen atoms in total. The minimum atomic E-state index is 0.637. The predicted octanol–water partition coefficient (Wildman–Crippen LogP) is 5.19. The number of aliphatic imine (C=N–C) groups is 1. The number of unbranched alkanes of at least 4 members (excludes halogenated alkanes) is 3. The number of hydrogen-bond acceptors (Lipinski definition) is 1. The summed E-state index contributed by atoms with van der Waals surface area (Å²) in [5, 5.41) is 0. The maximum absolute atomic E-state index is 4.43. The second-order valence-electron chi connectivity index (χ2n) is 4.58. The van der Waals surface area contributed by atoms with E-state index in [4.69, 9.17) is 0 Å². The normalized spacial score (nSPS) is 14.2. The van der Waals surface area contributed by atoms with Gasteiger partial charge in [0.2, 0.25) is 0 Å². The summed E-state index contributed by atoms with van der Waals surface area (Å²) in [5.74, 6) is 0.637. The smallest absolute Gasteiger partial charge is 0.0375 e. The zero-order chi connectivity index (χ0) is 12.9. The molecule has 0 saturated carbocycles. The molecule has 0 fully saturated rings. The van der Waals surface area contributed by atoms with Crippen molar-refractivity contribution >= 4 is 5.71 Å². The van der Waals surface area contributed by atoms with E-state index in [1.807, 2.05) is 19.2 Å². The first kappa shape index (κ1) is 16.1. The highest BCUT2D eigenvalue weighted by Crippen LogP contribution is 2.18. The lowest BCUT2D eigenvalue weighted by Crippen LogP contribution is -2.12. The second-order valence-corrected chi connectivity index (χ2v) is 4.58. The molecule has 0 saturated heterocycles. The first-order chi connectivity index (χ1) is 8.29. The number of hydrogen-bond donors (Lipinski definition) is 0. The Labute approximate surface area is 108 Å². The summed E-state index contributed by atoms with van der Waals surface area (Å²) in [6.45, 7) is 8.23. The van der Waals surface area contributed by atoms with E-state index in [-0.39, 0.29) is 0 Å². The minimum absolute atomic E-state index is 0.637. The number of rotatable bonds is 10. The van der Waals surface area contributed by atoms with Gasteiger partial charge in [-0.3, -0.25) is 4.99 Å². The summed E-state index contributed by atoms with van der Waals surface area (Å²) in [5.41, 5.74) is 1.24. The summed E-state index contributed by atoms with van der Waals surface area (Å²) in [7, 11) is 1.90. The molecule has 1 heteroatoms. The van der Waals surface area contributed by atoms with Gasteiger partial charge in [-0.2, -0.15) is 0 Å². The number of allylic oxidation sites excluding steroid dienone is 3. The van der Waals surface area contributed by atoms with E-state index < -0.39 is 0 Å². The van der Waals surface area contributed by atoms with Gasteiger partial charge in [0.1, 0.15) is 0 Å². The SMILES string of the molecule is C=C/C=C\C(=NC)C(CCC)CCCCCC. The molecular formula is C16H29N. The first-order valence-electron chi connectivity index (χ1n) is 7.05. The van der Waals surface area contributed by atoms with Crippen LogP contribution in [-0.4, -0.2) is 12.8 Å². The maximum Gasteiger partial charge on any atom is 0.0375 e. The summed E-state index contributed by atoms with van der Waals surface area (Å²) in [4.78, 5) is 4.43.